The highest BCUT2D eigenvalue weighted by molar-refractivity contribution is 7.98. The summed E-state index contributed by atoms with van der Waals surface area (Å²) in [4.78, 5) is 19.7. The maximum absolute atomic E-state index is 11.9. The second kappa shape index (κ2) is 8.72. The lowest BCUT2D eigenvalue weighted by molar-refractivity contribution is -0.120. The summed E-state index contributed by atoms with van der Waals surface area (Å²) < 4.78 is 0. The van der Waals surface area contributed by atoms with E-state index in [2.05, 4.69) is 46.5 Å². The summed E-state index contributed by atoms with van der Waals surface area (Å²) in [5.74, 6) is 2.85. The van der Waals surface area contributed by atoms with Crippen LogP contribution in [0, 0.1) is 6.92 Å². The number of aryl methyl sites for hydroxylation is 2. The monoisotopic (exact) mass is 353 g/mol. The summed E-state index contributed by atoms with van der Waals surface area (Å²) in [5, 5.41) is 2.98. The van der Waals surface area contributed by atoms with Gasteiger partial charge in [-0.05, 0) is 24.6 Å². The van der Waals surface area contributed by atoms with Crippen LogP contribution in [0.4, 0.5) is 0 Å². The minimum atomic E-state index is 0.0800. The van der Waals surface area contributed by atoms with E-state index in [9.17, 15) is 4.79 Å². The smallest absolute Gasteiger partial charge is 0.220 e. The number of aromatic nitrogens is 2. The molecule has 2 N–H and O–H groups in total. The van der Waals surface area contributed by atoms with Crippen LogP contribution in [0.3, 0.4) is 0 Å². The number of H-pyrrole nitrogens is 1. The van der Waals surface area contributed by atoms with Gasteiger partial charge in [0.15, 0.2) is 0 Å². The van der Waals surface area contributed by atoms with Crippen molar-refractivity contribution in [2.75, 3.05) is 12.3 Å². The van der Waals surface area contributed by atoms with E-state index in [1.165, 1.54) is 11.1 Å². The number of fused-ring (bicyclic) bond motifs is 1. The molecule has 1 amide bonds. The van der Waals surface area contributed by atoms with Crippen LogP contribution in [-0.4, -0.2) is 28.2 Å². The minimum absolute atomic E-state index is 0.0800. The second-order valence-corrected chi connectivity index (χ2v) is 7.19. The number of carbonyl (C=O) groups excluding carboxylic acids is 1. The van der Waals surface area contributed by atoms with Crippen molar-refractivity contribution < 1.29 is 4.79 Å². The van der Waals surface area contributed by atoms with Crippen LogP contribution in [0.2, 0.25) is 0 Å². The molecule has 3 rings (SSSR count). The van der Waals surface area contributed by atoms with Crippen LogP contribution < -0.4 is 5.32 Å². The van der Waals surface area contributed by atoms with Gasteiger partial charge in [0.05, 0.1) is 11.0 Å². The molecule has 0 spiro atoms. The molecule has 130 valence electrons. The van der Waals surface area contributed by atoms with Crippen LogP contribution >= 0.6 is 11.8 Å². The summed E-state index contributed by atoms with van der Waals surface area (Å²) in [6.45, 7) is 2.80. The number of thioether (sulfide) groups is 1. The number of imidazole rings is 1. The van der Waals surface area contributed by atoms with Crippen molar-refractivity contribution in [1.29, 1.82) is 0 Å². The van der Waals surface area contributed by atoms with Crippen molar-refractivity contribution in [1.82, 2.24) is 15.3 Å². The average Bonchev–Trinajstić information content (AvgIpc) is 3.04. The minimum Gasteiger partial charge on any atom is -0.355 e. The largest absolute Gasteiger partial charge is 0.355 e. The van der Waals surface area contributed by atoms with E-state index in [0.29, 0.717) is 19.4 Å². The number of benzene rings is 2. The summed E-state index contributed by atoms with van der Waals surface area (Å²) in [6, 6.07) is 16.5. The SMILES string of the molecule is Cc1ccc(CSCCNC(=O)CCc2nc3ccccc3[nH]2)cc1. The number of hydrogen-bond acceptors (Lipinski definition) is 3. The molecule has 0 aliphatic carbocycles. The van der Waals surface area contributed by atoms with Gasteiger partial charge >= 0.3 is 0 Å². The van der Waals surface area contributed by atoms with Gasteiger partial charge in [0, 0.05) is 30.9 Å². The van der Waals surface area contributed by atoms with Crippen molar-refractivity contribution in [3.05, 3.63) is 65.5 Å². The number of carbonyl (C=O) groups is 1. The van der Waals surface area contributed by atoms with Gasteiger partial charge in [-0.3, -0.25) is 4.79 Å². The Morgan fingerprint density at radius 3 is 2.76 bits per heavy atom. The Kier molecular flexibility index (Phi) is 6.12. The van der Waals surface area contributed by atoms with Crippen molar-refractivity contribution >= 4 is 28.7 Å². The molecule has 4 nitrogen and oxygen atoms in total. The van der Waals surface area contributed by atoms with E-state index in [1.54, 1.807) is 0 Å². The molecular weight excluding hydrogens is 330 g/mol. The van der Waals surface area contributed by atoms with Gasteiger partial charge in [-0.15, -0.1) is 0 Å². The predicted molar refractivity (Wildman–Crippen MR) is 105 cm³/mol. The number of para-hydroxylation sites is 2. The molecule has 0 bridgehead atoms. The number of nitrogens with zero attached hydrogens (tertiary/aromatic N) is 1. The van der Waals surface area contributed by atoms with Crippen molar-refractivity contribution in [3.8, 4) is 0 Å². The van der Waals surface area contributed by atoms with Gasteiger partial charge < -0.3 is 10.3 Å². The highest BCUT2D eigenvalue weighted by Crippen LogP contribution is 2.13. The van der Waals surface area contributed by atoms with Crippen LogP contribution in [0.5, 0.6) is 0 Å². The molecule has 3 aromatic rings. The summed E-state index contributed by atoms with van der Waals surface area (Å²) in [6.07, 6.45) is 1.10. The molecule has 0 aliphatic rings. The number of nitrogens with one attached hydrogen (secondary N) is 2. The standard InChI is InChI=1S/C20H23N3OS/c1-15-6-8-16(9-7-15)14-25-13-12-21-20(24)11-10-19-22-17-4-2-3-5-18(17)23-19/h2-9H,10-14H2,1H3,(H,21,24)(H,22,23). The van der Waals surface area contributed by atoms with Gasteiger partial charge in [0.2, 0.25) is 5.91 Å². The van der Waals surface area contributed by atoms with Crippen LogP contribution in [0.1, 0.15) is 23.4 Å². The number of rotatable bonds is 8. The maximum Gasteiger partial charge on any atom is 0.220 e. The fourth-order valence-corrected chi connectivity index (χ4v) is 3.40. The zero-order chi connectivity index (χ0) is 17.5. The molecule has 1 heterocycles. The average molecular weight is 353 g/mol. The lowest BCUT2D eigenvalue weighted by Crippen LogP contribution is -2.26. The van der Waals surface area contributed by atoms with Crippen molar-refractivity contribution in [2.24, 2.45) is 0 Å². The summed E-state index contributed by atoms with van der Waals surface area (Å²) >= 11 is 1.84. The fourth-order valence-electron chi connectivity index (χ4n) is 2.58. The third-order valence-electron chi connectivity index (χ3n) is 3.99. The van der Waals surface area contributed by atoms with Gasteiger partial charge in [0.1, 0.15) is 5.82 Å². The maximum atomic E-state index is 11.9. The van der Waals surface area contributed by atoms with Crippen molar-refractivity contribution in [2.45, 2.75) is 25.5 Å². The normalized spacial score (nSPS) is 10.9. The molecular formula is C20H23N3OS. The third kappa shape index (κ3) is 5.36. The first-order chi connectivity index (χ1) is 12.2. The molecule has 0 fully saturated rings. The number of hydrogen-bond donors (Lipinski definition) is 2. The second-order valence-electron chi connectivity index (χ2n) is 6.09. The zero-order valence-electron chi connectivity index (χ0n) is 14.4. The van der Waals surface area contributed by atoms with E-state index in [0.717, 1.165) is 28.4 Å². The first kappa shape index (κ1) is 17.5. The van der Waals surface area contributed by atoms with Gasteiger partial charge in [-0.1, -0.05) is 42.0 Å². The first-order valence-corrected chi connectivity index (χ1v) is 9.70. The molecule has 0 radical (unpaired) electrons. The quantitative estimate of drug-likeness (QED) is 0.605. The molecule has 5 heteroatoms. The molecule has 1 aromatic heterocycles. The number of aromatic amines is 1. The molecule has 2 aromatic carbocycles. The third-order valence-corrected chi connectivity index (χ3v) is 5.02. The van der Waals surface area contributed by atoms with E-state index >= 15 is 0 Å². The van der Waals surface area contributed by atoms with E-state index in [1.807, 2.05) is 36.0 Å². The van der Waals surface area contributed by atoms with E-state index < -0.39 is 0 Å². The van der Waals surface area contributed by atoms with Gasteiger partial charge in [0.25, 0.3) is 0 Å². The molecule has 0 aliphatic heterocycles. The Bertz CT molecular complexity index is 793. The predicted octanol–water partition coefficient (Wildman–Crippen LogP) is 3.85. The molecule has 0 unspecified atom stereocenters. The van der Waals surface area contributed by atoms with E-state index in [-0.39, 0.29) is 5.91 Å². The summed E-state index contributed by atoms with van der Waals surface area (Å²) in [7, 11) is 0. The Morgan fingerprint density at radius 2 is 1.96 bits per heavy atom. The van der Waals surface area contributed by atoms with Crippen LogP contribution in [-0.2, 0) is 17.0 Å². The molecule has 0 saturated heterocycles. The highest BCUT2D eigenvalue weighted by atomic mass is 32.2. The Hall–Kier alpha value is -2.27. The Morgan fingerprint density at radius 1 is 1.16 bits per heavy atom. The van der Waals surface area contributed by atoms with Gasteiger partial charge in [-0.2, -0.15) is 11.8 Å². The van der Waals surface area contributed by atoms with E-state index in [4.69, 9.17) is 0 Å². The Labute approximate surface area is 152 Å². The number of amides is 1. The summed E-state index contributed by atoms with van der Waals surface area (Å²) in [5.41, 5.74) is 4.58. The lowest BCUT2D eigenvalue weighted by atomic mass is 10.2. The topological polar surface area (TPSA) is 57.8 Å². The fraction of sp³-hybridized carbons (Fsp3) is 0.300. The van der Waals surface area contributed by atoms with Gasteiger partial charge in [-0.25, -0.2) is 4.98 Å². The zero-order valence-corrected chi connectivity index (χ0v) is 15.2. The Balaban J connectivity index is 1.32. The van der Waals surface area contributed by atoms with Crippen LogP contribution in [0.15, 0.2) is 48.5 Å². The molecule has 0 saturated carbocycles. The van der Waals surface area contributed by atoms with Crippen molar-refractivity contribution in [3.63, 3.8) is 0 Å². The lowest BCUT2D eigenvalue weighted by Gasteiger charge is -2.05. The highest BCUT2D eigenvalue weighted by Gasteiger charge is 2.06. The molecule has 0 atom stereocenters. The van der Waals surface area contributed by atoms with Crippen LogP contribution in [0.25, 0.3) is 11.0 Å². The first-order valence-electron chi connectivity index (χ1n) is 8.54. The molecule has 25 heavy (non-hydrogen) atoms.